The zero-order chi connectivity index (χ0) is 36.1. The number of rotatable bonds is 36. The van der Waals surface area contributed by atoms with Crippen LogP contribution < -0.4 is 5.73 Å². The Morgan fingerprint density at radius 3 is 1.63 bits per heavy atom. The number of esters is 2. The second-order valence-electron chi connectivity index (χ2n) is 12.8. The van der Waals surface area contributed by atoms with Gasteiger partial charge in [-0.15, -0.1) is 0 Å². The van der Waals surface area contributed by atoms with E-state index in [0.717, 1.165) is 77.0 Å². The maximum Gasteiger partial charge on any atom is 0.472 e. The SMILES string of the molecule is CCCC/C=C\CCCCCCCC(=O)OCC(COP(=O)(O)OCCN)OC(=O)CCCCCCCCC/C=C\C/C=C\CCCCC. The van der Waals surface area contributed by atoms with Crippen molar-refractivity contribution in [1.29, 1.82) is 0 Å². The molecule has 0 aromatic rings. The minimum absolute atomic E-state index is 0.0503. The van der Waals surface area contributed by atoms with E-state index in [1.165, 1.54) is 57.8 Å². The van der Waals surface area contributed by atoms with Crippen LogP contribution in [0.3, 0.4) is 0 Å². The Bertz CT molecular complexity index is 907. The van der Waals surface area contributed by atoms with Crippen LogP contribution >= 0.6 is 7.82 Å². The van der Waals surface area contributed by atoms with Gasteiger partial charge in [-0.05, 0) is 64.2 Å². The minimum atomic E-state index is -4.37. The number of hydrogen-bond donors (Lipinski definition) is 2. The Labute approximate surface area is 299 Å². The molecule has 10 heteroatoms. The third-order valence-corrected chi connectivity index (χ3v) is 8.98. The van der Waals surface area contributed by atoms with E-state index in [4.69, 9.17) is 24.3 Å². The molecule has 0 fully saturated rings. The van der Waals surface area contributed by atoms with E-state index in [2.05, 4.69) is 50.3 Å². The molecule has 0 saturated carbocycles. The van der Waals surface area contributed by atoms with E-state index in [1.807, 2.05) is 0 Å². The molecule has 9 nitrogen and oxygen atoms in total. The molecule has 0 aliphatic heterocycles. The standard InChI is InChI=1S/C39H72NO8P/c1-3-5-7-9-11-13-15-16-17-18-19-20-22-24-26-28-30-32-39(42)48-37(36-47-49(43,44)46-34-33-40)35-45-38(41)31-29-27-25-23-21-14-12-10-8-6-4-2/h10-13,16-17,37H,3-9,14-15,18-36,40H2,1-2H3,(H,43,44)/b12-10-,13-11-,17-16-. The Kier molecular flexibility index (Phi) is 34.7. The van der Waals surface area contributed by atoms with Gasteiger partial charge in [0.05, 0.1) is 13.2 Å². The second-order valence-corrected chi connectivity index (χ2v) is 14.2. The monoisotopic (exact) mass is 713 g/mol. The Hall–Kier alpha value is -1.77. The maximum absolute atomic E-state index is 12.5. The van der Waals surface area contributed by atoms with Crippen LogP contribution in [0.5, 0.6) is 0 Å². The van der Waals surface area contributed by atoms with Gasteiger partial charge >= 0.3 is 19.8 Å². The van der Waals surface area contributed by atoms with Crippen LogP contribution in [-0.2, 0) is 32.7 Å². The molecule has 3 N–H and O–H groups in total. The van der Waals surface area contributed by atoms with Crippen molar-refractivity contribution in [3.05, 3.63) is 36.5 Å². The quantitative estimate of drug-likeness (QED) is 0.0281. The van der Waals surface area contributed by atoms with Crippen molar-refractivity contribution in [2.45, 2.75) is 174 Å². The molecule has 2 unspecified atom stereocenters. The first kappa shape index (κ1) is 47.2. The topological polar surface area (TPSA) is 134 Å². The van der Waals surface area contributed by atoms with E-state index >= 15 is 0 Å². The highest BCUT2D eigenvalue weighted by atomic mass is 31.2. The van der Waals surface area contributed by atoms with E-state index in [1.54, 1.807) is 0 Å². The van der Waals surface area contributed by atoms with Gasteiger partial charge in [0.15, 0.2) is 6.10 Å². The molecule has 0 aromatic heterocycles. The summed E-state index contributed by atoms with van der Waals surface area (Å²) in [5, 5.41) is 0. The number of phosphoric acid groups is 1. The van der Waals surface area contributed by atoms with Crippen molar-refractivity contribution >= 4 is 19.8 Å². The normalized spacial score (nSPS) is 13.8. The van der Waals surface area contributed by atoms with Crippen molar-refractivity contribution in [3.63, 3.8) is 0 Å². The van der Waals surface area contributed by atoms with Crippen LogP contribution in [0.15, 0.2) is 36.5 Å². The fourth-order valence-electron chi connectivity index (χ4n) is 5.06. The van der Waals surface area contributed by atoms with Crippen LogP contribution in [-0.4, -0.2) is 49.3 Å². The third kappa shape index (κ3) is 35.8. The first-order valence-corrected chi connectivity index (χ1v) is 21.0. The lowest BCUT2D eigenvalue weighted by atomic mass is 10.1. The zero-order valence-corrected chi connectivity index (χ0v) is 32.1. The van der Waals surface area contributed by atoms with E-state index in [0.29, 0.717) is 6.42 Å². The molecule has 2 atom stereocenters. The number of unbranched alkanes of at least 4 members (excludes halogenated alkanes) is 17. The van der Waals surface area contributed by atoms with Crippen molar-refractivity contribution in [2.75, 3.05) is 26.4 Å². The fourth-order valence-corrected chi connectivity index (χ4v) is 5.82. The minimum Gasteiger partial charge on any atom is -0.462 e. The summed E-state index contributed by atoms with van der Waals surface area (Å²) in [6.07, 6.45) is 37.4. The lowest BCUT2D eigenvalue weighted by Crippen LogP contribution is -2.29. The van der Waals surface area contributed by atoms with Gasteiger partial charge in [-0.1, -0.05) is 127 Å². The number of ether oxygens (including phenoxy) is 2. The Morgan fingerprint density at radius 2 is 1.08 bits per heavy atom. The molecule has 0 aliphatic carbocycles. The highest BCUT2D eigenvalue weighted by molar-refractivity contribution is 7.47. The molecule has 0 heterocycles. The van der Waals surface area contributed by atoms with Crippen LogP contribution in [0.25, 0.3) is 0 Å². The zero-order valence-electron chi connectivity index (χ0n) is 31.2. The molecular weight excluding hydrogens is 641 g/mol. The van der Waals surface area contributed by atoms with Crippen LogP contribution in [0.2, 0.25) is 0 Å². The largest absolute Gasteiger partial charge is 0.472 e. The molecule has 0 aliphatic rings. The fraction of sp³-hybridized carbons (Fsp3) is 0.795. The number of phosphoric ester groups is 1. The van der Waals surface area contributed by atoms with E-state index in [9.17, 15) is 19.0 Å². The molecular formula is C39H72NO8P. The maximum atomic E-state index is 12.5. The summed E-state index contributed by atoms with van der Waals surface area (Å²) in [7, 11) is -4.37. The summed E-state index contributed by atoms with van der Waals surface area (Å²) < 4.78 is 32.6. The summed E-state index contributed by atoms with van der Waals surface area (Å²) in [6.45, 7) is 3.63. The lowest BCUT2D eigenvalue weighted by Gasteiger charge is -2.19. The molecule has 0 radical (unpaired) electrons. The average Bonchev–Trinajstić information content (AvgIpc) is 3.08. The van der Waals surface area contributed by atoms with Crippen molar-refractivity contribution in [3.8, 4) is 0 Å². The smallest absolute Gasteiger partial charge is 0.462 e. The molecule has 49 heavy (non-hydrogen) atoms. The van der Waals surface area contributed by atoms with Crippen molar-refractivity contribution in [1.82, 2.24) is 0 Å². The van der Waals surface area contributed by atoms with E-state index < -0.39 is 32.5 Å². The van der Waals surface area contributed by atoms with Crippen LogP contribution in [0.1, 0.15) is 168 Å². The number of carbonyl (C=O) groups is 2. The second kappa shape index (κ2) is 36.0. The predicted octanol–water partition coefficient (Wildman–Crippen LogP) is 10.6. The van der Waals surface area contributed by atoms with Gasteiger partial charge in [-0.25, -0.2) is 4.57 Å². The van der Waals surface area contributed by atoms with Gasteiger partial charge in [0.25, 0.3) is 0 Å². The highest BCUT2D eigenvalue weighted by Gasteiger charge is 2.25. The van der Waals surface area contributed by atoms with E-state index in [-0.39, 0.29) is 32.6 Å². The van der Waals surface area contributed by atoms with Gasteiger partial charge in [0.2, 0.25) is 0 Å². The molecule has 0 rings (SSSR count). The van der Waals surface area contributed by atoms with Gasteiger partial charge in [-0.3, -0.25) is 18.6 Å². The highest BCUT2D eigenvalue weighted by Crippen LogP contribution is 2.43. The van der Waals surface area contributed by atoms with Crippen LogP contribution in [0, 0.1) is 0 Å². The summed E-state index contributed by atoms with van der Waals surface area (Å²) in [5.41, 5.74) is 5.33. The number of hydrogen-bond acceptors (Lipinski definition) is 8. The van der Waals surface area contributed by atoms with Crippen molar-refractivity contribution < 1.29 is 37.6 Å². The van der Waals surface area contributed by atoms with Gasteiger partial charge in [-0.2, -0.15) is 0 Å². The molecule has 0 spiro atoms. The number of carbonyl (C=O) groups excluding carboxylic acids is 2. The Balaban J connectivity index is 4.22. The first-order chi connectivity index (χ1) is 23.8. The summed E-state index contributed by atoms with van der Waals surface area (Å²) in [5.74, 6) is -0.851. The Morgan fingerprint density at radius 1 is 0.612 bits per heavy atom. The third-order valence-electron chi connectivity index (χ3n) is 8.00. The molecule has 0 amide bonds. The molecule has 286 valence electrons. The van der Waals surface area contributed by atoms with Gasteiger partial charge in [0.1, 0.15) is 6.61 Å². The number of nitrogens with two attached hydrogens (primary N) is 1. The molecule has 0 aromatic carbocycles. The summed E-state index contributed by atoms with van der Waals surface area (Å²) >= 11 is 0. The average molecular weight is 714 g/mol. The molecule has 0 saturated heterocycles. The number of allylic oxidation sites excluding steroid dienone is 6. The summed E-state index contributed by atoms with van der Waals surface area (Å²) in [4.78, 5) is 34.7. The lowest BCUT2D eigenvalue weighted by molar-refractivity contribution is -0.161. The van der Waals surface area contributed by atoms with Gasteiger partial charge < -0.3 is 20.1 Å². The summed E-state index contributed by atoms with van der Waals surface area (Å²) in [6, 6.07) is 0. The van der Waals surface area contributed by atoms with Gasteiger partial charge in [0, 0.05) is 19.4 Å². The predicted molar refractivity (Wildman–Crippen MR) is 201 cm³/mol. The van der Waals surface area contributed by atoms with Crippen molar-refractivity contribution in [2.24, 2.45) is 5.73 Å². The van der Waals surface area contributed by atoms with Crippen LogP contribution in [0.4, 0.5) is 0 Å². The first-order valence-electron chi connectivity index (χ1n) is 19.5. The molecule has 0 bridgehead atoms.